The summed E-state index contributed by atoms with van der Waals surface area (Å²) >= 11 is 1.52. The summed E-state index contributed by atoms with van der Waals surface area (Å²) in [6.45, 7) is 4.21. The number of hydrogen-bond acceptors (Lipinski definition) is 6. The van der Waals surface area contributed by atoms with E-state index in [4.69, 9.17) is 0 Å². The summed E-state index contributed by atoms with van der Waals surface area (Å²) in [5.41, 5.74) is 0.447. The standard InChI is InChI=1S/C12H17N5OS/c1-2-7-13-8-3-4-11-16-17-12(19-11)9-5-6-10(18)15-14-9/h5-6,13H,2-4,7-8H2,1H3,(H,15,18). The van der Waals surface area contributed by atoms with Gasteiger partial charge in [0.25, 0.3) is 5.56 Å². The molecule has 0 atom stereocenters. The molecule has 0 spiro atoms. The number of aryl methyl sites for hydroxylation is 1. The Bertz CT molecular complexity index is 545. The first kappa shape index (κ1) is 13.8. The van der Waals surface area contributed by atoms with E-state index in [-0.39, 0.29) is 5.56 Å². The largest absolute Gasteiger partial charge is 0.317 e. The summed E-state index contributed by atoms with van der Waals surface area (Å²) in [6.07, 6.45) is 3.12. The first-order valence-corrected chi connectivity index (χ1v) is 7.20. The van der Waals surface area contributed by atoms with Crippen LogP contribution in [0.15, 0.2) is 16.9 Å². The second kappa shape index (κ2) is 7.10. The zero-order chi connectivity index (χ0) is 13.5. The van der Waals surface area contributed by atoms with Crippen molar-refractivity contribution >= 4 is 11.3 Å². The molecule has 0 aliphatic rings. The Morgan fingerprint density at radius 1 is 1.32 bits per heavy atom. The Kier molecular flexibility index (Phi) is 5.17. The van der Waals surface area contributed by atoms with Gasteiger partial charge in [0.15, 0.2) is 5.01 Å². The van der Waals surface area contributed by atoms with E-state index in [0.29, 0.717) is 5.69 Å². The fourth-order valence-corrected chi connectivity index (χ4v) is 2.44. The van der Waals surface area contributed by atoms with Gasteiger partial charge in [-0.05, 0) is 32.0 Å². The third-order valence-corrected chi connectivity index (χ3v) is 3.54. The molecular formula is C12H17N5OS. The number of aromatic amines is 1. The monoisotopic (exact) mass is 279 g/mol. The van der Waals surface area contributed by atoms with Gasteiger partial charge in [0, 0.05) is 12.5 Å². The maximum atomic E-state index is 10.9. The molecule has 2 N–H and O–H groups in total. The molecule has 0 aliphatic carbocycles. The Morgan fingerprint density at radius 3 is 2.95 bits per heavy atom. The van der Waals surface area contributed by atoms with Gasteiger partial charge >= 0.3 is 0 Å². The first-order valence-electron chi connectivity index (χ1n) is 6.39. The van der Waals surface area contributed by atoms with Crippen LogP contribution in [0.5, 0.6) is 0 Å². The van der Waals surface area contributed by atoms with Crippen molar-refractivity contribution in [1.29, 1.82) is 0 Å². The van der Waals surface area contributed by atoms with Crippen LogP contribution in [0.25, 0.3) is 10.7 Å². The van der Waals surface area contributed by atoms with Crippen molar-refractivity contribution in [3.63, 3.8) is 0 Å². The molecule has 0 aromatic carbocycles. The van der Waals surface area contributed by atoms with Crippen LogP contribution in [0.1, 0.15) is 24.8 Å². The molecule has 102 valence electrons. The Balaban J connectivity index is 1.88. The van der Waals surface area contributed by atoms with Gasteiger partial charge < -0.3 is 5.32 Å². The number of rotatable bonds is 7. The van der Waals surface area contributed by atoms with Crippen molar-refractivity contribution in [3.8, 4) is 10.7 Å². The molecule has 0 aliphatic heterocycles. The van der Waals surface area contributed by atoms with Crippen LogP contribution in [-0.4, -0.2) is 33.5 Å². The van der Waals surface area contributed by atoms with E-state index in [9.17, 15) is 4.79 Å². The van der Waals surface area contributed by atoms with Gasteiger partial charge in [-0.3, -0.25) is 4.79 Å². The average Bonchev–Trinajstić information content (AvgIpc) is 2.88. The van der Waals surface area contributed by atoms with E-state index in [1.54, 1.807) is 6.07 Å². The molecule has 0 fully saturated rings. The van der Waals surface area contributed by atoms with E-state index in [2.05, 4.69) is 32.6 Å². The summed E-state index contributed by atoms with van der Waals surface area (Å²) in [6, 6.07) is 3.10. The molecule has 0 saturated carbocycles. The van der Waals surface area contributed by atoms with E-state index in [1.807, 2.05) is 0 Å². The van der Waals surface area contributed by atoms with Gasteiger partial charge in [-0.25, -0.2) is 5.10 Å². The fraction of sp³-hybridized carbons (Fsp3) is 0.500. The maximum absolute atomic E-state index is 10.9. The molecule has 6 nitrogen and oxygen atoms in total. The van der Waals surface area contributed by atoms with Crippen molar-refractivity contribution in [2.75, 3.05) is 13.1 Å². The quantitative estimate of drug-likeness (QED) is 0.745. The number of nitrogens with one attached hydrogen (secondary N) is 2. The molecule has 0 amide bonds. The second-order valence-corrected chi connectivity index (χ2v) is 5.22. The molecule has 19 heavy (non-hydrogen) atoms. The van der Waals surface area contributed by atoms with Crippen molar-refractivity contribution in [3.05, 3.63) is 27.5 Å². The molecule has 0 saturated heterocycles. The van der Waals surface area contributed by atoms with E-state index in [0.717, 1.165) is 42.4 Å². The lowest BCUT2D eigenvalue weighted by Crippen LogP contribution is -2.16. The molecule has 0 unspecified atom stereocenters. The zero-order valence-corrected chi connectivity index (χ0v) is 11.7. The normalized spacial score (nSPS) is 10.8. The number of H-pyrrole nitrogens is 1. The minimum atomic E-state index is -0.213. The molecule has 2 aromatic heterocycles. The number of nitrogens with zero attached hydrogens (tertiary/aromatic N) is 3. The van der Waals surface area contributed by atoms with Gasteiger partial charge in [-0.1, -0.05) is 18.3 Å². The van der Waals surface area contributed by atoms with Crippen molar-refractivity contribution in [2.45, 2.75) is 26.2 Å². The van der Waals surface area contributed by atoms with E-state index < -0.39 is 0 Å². The smallest absolute Gasteiger partial charge is 0.264 e. The van der Waals surface area contributed by atoms with Crippen LogP contribution < -0.4 is 10.9 Å². The van der Waals surface area contributed by atoms with Crippen LogP contribution in [0.4, 0.5) is 0 Å². The first-order chi connectivity index (χ1) is 9.29. The average molecular weight is 279 g/mol. The minimum Gasteiger partial charge on any atom is -0.317 e. The topological polar surface area (TPSA) is 83.6 Å². The van der Waals surface area contributed by atoms with E-state index in [1.165, 1.54) is 17.4 Å². The second-order valence-electron chi connectivity index (χ2n) is 4.16. The van der Waals surface area contributed by atoms with Crippen LogP contribution in [0, 0.1) is 0 Å². The van der Waals surface area contributed by atoms with Crippen LogP contribution in [-0.2, 0) is 6.42 Å². The zero-order valence-electron chi connectivity index (χ0n) is 10.8. The predicted octanol–water partition coefficient (Wildman–Crippen LogP) is 1.22. The van der Waals surface area contributed by atoms with Gasteiger partial charge in [-0.2, -0.15) is 5.10 Å². The van der Waals surface area contributed by atoms with Crippen LogP contribution in [0.2, 0.25) is 0 Å². The highest BCUT2D eigenvalue weighted by molar-refractivity contribution is 7.14. The lowest BCUT2D eigenvalue weighted by Gasteiger charge is -1.99. The van der Waals surface area contributed by atoms with Gasteiger partial charge in [0.05, 0.1) is 0 Å². The maximum Gasteiger partial charge on any atom is 0.264 e. The van der Waals surface area contributed by atoms with Gasteiger partial charge in [0.2, 0.25) is 0 Å². The Labute approximate surface area is 115 Å². The van der Waals surface area contributed by atoms with Crippen molar-refractivity contribution in [2.24, 2.45) is 0 Å². The number of aromatic nitrogens is 4. The van der Waals surface area contributed by atoms with E-state index >= 15 is 0 Å². The molecule has 7 heteroatoms. The minimum absolute atomic E-state index is 0.213. The third-order valence-electron chi connectivity index (χ3n) is 2.54. The molecule has 2 rings (SSSR count). The van der Waals surface area contributed by atoms with Crippen LogP contribution >= 0.6 is 11.3 Å². The molecule has 0 bridgehead atoms. The summed E-state index contributed by atoms with van der Waals surface area (Å²) in [4.78, 5) is 10.9. The molecule has 2 heterocycles. The third kappa shape index (κ3) is 4.22. The van der Waals surface area contributed by atoms with Gasteiger partial charge in [-0.15, -0.1) is 10.2 Å². The lowest BCUT2D eigenvalue weighted by atomic mass is 10.3. The highest BCUT2D eigenvalue weighted by Gasteiger charge is 2.07. The predicted molar refractivity (Wildman–Crippen MR) is 75.2 cm³/mol. The highest BCUT2D eigenvalue weighted by atomic mass is 32.1. The molecular weight excluding hydrogens is 262 g/mol. The van der Waals surface area contributed by atoms with Gasteiger partial charge in [0.1, 0.15) is 10.7 Å². The molecule has 0 radical (unpaired) electrons. The fourth-order valence-electron chi connectivity index (χ4n) is 1.59. The molecule has 2 aromatic rings. The summed E-state index contributed by atoms with van der Waals surface area (Å²) in [5, 5.41) is 19.7. The van der Waals surface area contributed by atoms with Crippen molar-refractivity contribution < 1.29 is 0 Å². The Hall–Kier alpha value is -1.60. The SMILES string of the molecule is CCCNCCCc1nnc(-c2ccc(=O)[nH]n2)s1. The summed E-state index contributed by atoms with van der Waals surface area (Å²) in [5.74, 6) is 0. The summed E-state index contributed by atoms with van der Waals surface area (Å²) < 4.78 is 0. The summed E-state index contributed by atoms with van der Waals surface area (Å²) in [7, 11) is 0. The van der Waals surface area contributed by atoms with Crippen molar-refractivity contribution in [1.82, 2.24) is 25.7 Å². The Morgan fingerprint density at radius 2 is 2.21 bits per heavy atom. The number of hydrogen-bond donors (Lipinski definition) is 2. The van der Waals surface area contributed by atoms with Crippen LogP contribution in [0.3, 0.4) is 0 Å². The highest BCUT2D eigenvalue weighted by Crippen LogP contribution is 2.20. The lowest BCUT2D eigenvalue weighted by molar-refractivity contribution is 0.637.